The fourth-order valence-electron chi connectivity index (χ4n) is 2.35. The van der Waals surface area contributed by atoms with Gasteiger partial charge in [-0.05, 0) is 30.2 Å². The average Bonchev–Trinajstić information content (AvgIpc) is 2.38. The molecule has 3 N–H and O–H groups in total. The molecule has 1 saturated heterocycles. The molecule has 17 heavy (non-hydrogen) atoms. The minimum Gasteiger partial charge on any atom is -0.497 e. The smallest absolute Gasteiger partial charge is 0.220 e. The molecule has 1 aromatic rings. The van der Waals surface area contributed by atoms with E-state index < -0.39 is 0 Å². The van der Waals surface area contributed by atoms with Crippen molar-refractivity contribution < 1.29 is 9.53 Å². The van der Waals surface area contributed by atoms with Gasteiger partial charge in [0.15, 0.2) is 0 Å². The highest BCUT2D eigenvalue weighted by Gasteiger charge is 2.29. The molecule has 1 aliphatic rings. The third-order valence-electron chi connectivity index (χ3n) is 3.36. The molecule has 0 aromatic heterocycles. The number of hydrogen-bond donors (Lipinski definition) is 2. The molecule has 1 amide bonds. The molecule has 4 nitrogen and oxygen atoms in total. The van der Waals surface area contributed by atoms with Gasteiger partial charge in [-0.3, -0.25) is 4.79 Å². The average molecular weight is 234 g/mol. The first-order valence-corrected chi connectivity index (χ1v) is 5.85. The van der Waals surface area contributed by atoms with Crippen molar-refractivity contribution in [3.8, 4) is 5.75 Å². The summed E-state index contributed by atoms with van der Waals surface area (Å²) in [6.45, 7) is 1.20. The summed E-state index contributed by atoms with van der Waals surface area (Å²) >= 11 is 0. The number of piperidine rings is 1. The molecule has 0 aliphatic carbocycles. The van der Waals surface area contributed by atoms with Crippen molar-refractivity contribution in [1.29, 1.82) is 0 Å². The van der Waals surface area contributed by atoms with E-state index in [1.54, 1.807) is 7.11 Å². The molecule has 2 rings (SSSR count). The molecule has 1 fully saturated rings. The maximum Gasteiger partial charge on any atom is 0.220 e. The first-order valence-electron chi connectivity index (χ1n) is 5.85. The fourth-order valence-corrected chi connectivity index (χ4v) is 2.35. The highest BCUT2D eigenvalue weighted by Crippen LogP contribution is 2.30. The lowest BCUT2D eigenvalue weighted by Gasteiger charge is -2.31. The van der Waals surface area contributed by atoms with Crippen molar-refractivity contribution in [2.45, 2.75) is 12.3 Å². The van der Waals surface area contributed by atoms with E-state index in [0.29, 0.717) is 19.5 Å². The predicted molar refractivity (Wildman–Crippen MR) is 65.9 cm³/mol. The molecule has 0 radical (unpaired) electrons. The number of ether oxygens (including phenoxy) is 1. The van der Waals surface area contributed by atoms with Crippen LogP contribution in [-0.4, -0.2) is 26.1 Å². The Bertz CT molecular complexity index is 406. The third kappa shape index (κ3) is 2.58. The molecule has 0 bridgehead atoms. The molecule has 2 unspecified atom stereocenters. The van der Waals surface area contributed by atoms with Crippen LogP contribution in [0.1, 0.15) is 17.9 Å². The summed E-state index contributed by atoms with van der Waals surface area (Å²) in [4.78, 5) is 11.3. The lowest BCUT2D eigenvalue weighted by atomic mass is 9.81. The lowest BCUT2D eigenvalue weighted by Crippen LogP contribution is -2.42. The molecule has 0 saturated carbocycles. The van der Waals surface area contributed by atoms with Crippen LogP contribution in [0.3, 0.4) is 0 Å². The van der Waals surface area contributed by atoms with Gasteiger partial charge < -0.3 is 15.8 Å². The summed E-state index contributed by atoms with van der Waals surface area (Å²) in [7, 11) is 1.65. The number of amides is 1. The van der Waals surface area contributed by atoms with Gasteiger partial charge in [0.1, 0.15) is 5.75 Å². The lowest BCUT2D eigenvalue weighted by molar-refractivity contribution is -0.123. The van der Waals surface area contributed by atoms with Crippen LogP contribution in [0.5, 0.6) is 5.75 Å². The Morgan fingerprint density at radius 1 is 1.53 bits per heavy atom. The van der Waals surface area contributed by atoms with Crippen LogP contribution in [0.2, 0.25) is 0 Å². The number of methoxy groups -OCH3 is 1. The highest BCUT2D eigenvalue weighted by molar-refractivity contribution is 5.77. The number of hydrogen-bond acceptors (Lipinski definition) is 3. The van der Waals surface area contributed by atoms with E-state index >= 15 is 0 Å². The van der Waals surface area contributed by atoms with Gasteiger partial charge in [0.2, 0.25) is 5.91 Å². The zero-order chi connectivity index (χ0) is 12.3. The monoisotopic (exact) mass is 234 g/mol. The summed E-state index contributed by atoms with van der Waals surface area (Å²) in [5.41, 5.74) is 6.93. The molecule has 2 atom stereocenters. The third-order valence-corrected chi connectivity index (χ3v) is 3.36. The van der Waals surface area contributed by atoms with Crippen molar-refractivity contribution in [2.24, 2.45) is 11.7 Å². The first kappa shape index (κ1) is 11.9. The van der Waals surface area contributed by atoms with Crippen LogP contribution >= 0.6 is 0 Å². The zero-order valence-corrected chi connectivity index (χ0v) is 9.98. The topological polar surface area (TPSA) is 64.3 Å². The predicted octanol–water partition coefficient (Wildman–Crippen LogP) is 0.874. The van der Waals surface area contributed by atoms with Gasteiger partial charge in [0.05, 0.1) is 7.11 Å². The van der Waals surface area contributed by atoms with Gasteiger partial charge in [0.25, 0.3) is 0 Å². The summed E-state index contributed by atoms with van der Waals surface area (Å²) in [6.07, 6.45) is 0.512. The second-order valence-electron chi connectivity index (χ2n) is 4.39. The Kier molecular flexibility index (Phi) is 3.64. The SMILES string of the molecule is COc1cccc(C2CNC(=O)CC2CN)c1. The highest BCUT2D eigenvalue weighted by atomic mass is 16.5. The molecule has 1 aliphatic heterocycles. The van der Waals surface area contributed by atoms with Gasteiger partial charge in [-0.15, -0.1) is 0 Å². The largest absolute Gasteiger partial charge is 0.497 e. The van der Waals surface area contributed by atoms with Crippen LogP contribution in [0, 0.1) is 5.92 Å². The Morgan fingerprint density at radius 3 is 3.06 bits per heavy atom. The van der Waals surface area contributed by atoms with E-state index in [2.05, 4.69) is 11.4 Å². The van der Waals surface area contributed by atoms with Crippen molar-refractivity contribution in [1.82, 2.24) is 5.32 Å². The summed E-state index contributed by atoms with van der Waals surface area (Å²) < 4.78 is 5.22. The van der Waals surface area contributed by atoms with Crippen molar-refractivity contribution >= 4 is 5.91 Å². The van der Waals surface area contributed by atoms with E-state index in [0.717, 1.165) is 5.75 Å². The van der Waals surface area contributed by atoms with Crippen LogP contribution in [0.15, 0.2) is 24.3 Å². The molecule has 1 heterocycles. The van der Waals surface area contributed by atoms with Gasteiger partial charge in [-0.2, -0.15) is 0 Å². The summed E-state index contributed by atoms with van der Waals surface area (Å²) in [6, 6.07) is 7.97. The quantitative estimate of drug-likeness (QED) is 0.815. The van der Waals surface area contributed by atoms with Crippen LogP contribution in [0.25, 0.3) is 0 Å². The molecular formula is C13H18N2O2. The molecule has 4 heteroatoms. The maximum atomic E-state index is 11.3. The Labute approximate surface area is 101 Å². The minimum absolute atomic E-state index is 0.0968. The normalized spacial score (nSPS) is 24.2. The standard InChI is InChI=1S/C13H18N2O2/c1-17-11-4-2-3-9(5-11)12-8-15-13(16)6-10(12)7-14/h2-5,10,12H,6-8,14H2,1H3,(H,15,16). The Hall–Kier alpha value is -1.55. The van der Waals surface area contributed by atoms with E-state index in [9.17, 15) is 4.79 Å². The second-order valence-corrected chi connectivity index (χ2v) is 4.39. The molecule has 92 valence electrons. The van der Waals surface area contributed by atoms with E-state index in [1.807, 2.05) is 18.2 Å². The van der Waals surface area contributed by atoms with Crippen LogP contribution in [-0.2, 0) is 4.79 Å². The number of carbonyl (C=O) groups is 1. The Balaban J connectivity index is 2.21. The fraction of sp³-hybridized carbons (Fsp3) is 0.462. The van der Waals surface area contributed by atoms with Gasteiger partial charge in [0, 0.05) is 18.9 Å². The number of carbonyl (C=O) groups excluding carboxylic acids is 1. The maximum absolute atomic E-state index is 11.3. The summed E-state index contributed by atoms with van der Waals surface area (Å²) in [5.74, 6) is 1.44. The van der Waals surface area contributed by atoms with Crippen molar-refractivity contribution in [2.75, 3.05) is 20.2 Å². The molecular weight excluding hydrogens is 216 g/mol. The van der Waals surface area contributed by atoms with Gasteiger partial charge >= 0.3 is 0 Å². The Morgan fingerprint density at radius 2 is 2.35 bits per heavy atom. The van der Waals surface area contributed by atoms with Crippen molar-refractivity contribution in [3.05, 3.63) is 29.8 Å². The van der Waals surface area contributed by atoms with Crippen LogP contribution < -0.4 is 15.8 Å². The second kappa shape index (κ2) is 5.19. The molecule has 1 aromatic carbocycles. The summed E-state index contributed by atoms with van der Waals surface area (Å²) in [5, 5.41) is 2.90. The zero-order valence-electron chi connectivity index (χ0n) is 9.98. The number of nitrogens with two attached hydrogens (primary N) is 1. The van der Waals surface area contributed by atoms with Crippen LogP contribution in [0.4, 0.5) is 0 Å². The van der Waals surface area contributed by atoms with E-state index in [1.165, 1.54) is 5.56 Å². The molecule has 0 spiro atoms. The van der Waals surface area contributed by atoms with E-state index in [-0.39, 0.29) is 17.7 Å². The van der Waals surface area contributed by atoms with Crippen molar-refractivity contribution in [3.63, 3.8) is 0 Å². The van der Waals surface area contributed by atoms with Gasteiger partial charge in [-0.1, -0.05) is 12.1 Å². The minimum atomic E-state index is 0.0968. The number of nitrogens with one attached hydrogen (secondary N) is 1. The number of benzene rings is 1. The van der Waals surface area contributed by atoms with Gasteiger partial charge in [-0.25, -0.2) is 0 Å². The van der Waals surface area contributed by atoms with E-state index in [4.69, 9.17) is 10.5 Å². The number of rotatable bonds is 3. The first-order chi connectivity index (χ1) is 8.24.